The van der Waals surface area contributed by atoms with Crippen LogP contribution in [0.25, 0.3) is 0 Å². The van der Waals surface area contributed by atoms with Crippen molar-refractivity contribution in [2.24, 2.45) is 5.73 Å². The van der Waals surface area contributed by atoms with Gasteiger partial charge in [0.05, 0.1) is 14.2 Å². The summed E-state index contributed by atoms with van der Waals surface area (Å²) >= 11 is 4.36. The molecule has 0 amide bonds. The first-order valence-corrected chi connectivity index (χ1v) is 5.61. The van der Waals surface area contributed by atoms with Crippen molar-refractivity contribution in [1.82, 2.24) is 5.32 Å². The number of nitrogens with two attached hydrogens (primary N) is 1. The maximum absolute atomic E-state index is 10.3. The molecule has 100 valence electrons. The van der Waals surface area contributed by atoms with Crippen molar-refractivity contribution in [3.8, 4) is 11.5 Å². The Hall–Kier alpha value is -1.82. The molecule has 0 radical (unpaired) electrons. The van der Waals surface area contributed by atoms with Crippen molar-refractivity contribution in [2.45, 2.75) is 6.42 Å². The van der Waals surface area contributed by atoms with Crippen LogP contribution in [0.5, 0.6) is 11.5 Å². The molecule has 0 saturated carbocycles. The molecule has 1 aromatic carbocycles. The number of thiocarbonyl (C=S) groups is 1. The Labute approximate surface area is 112 Å². The van der Waals surface area contributed by atoms with Gasteiger partial charge in [-0.2, -0.15) is 0 Å². The third-order valence-electron chi connectivity index (χ3n) is 2.04. The molecular formula is C12H18N2O3S. The molecule has 0 atom stereocenters. The second-order valence-electron chi connectivity index (χ2n) is 3.16. The predicted octanol–water partition coefficient (Wildman–Crippen LogP) is 0.895. The van der Waals surface area contributed by atoms with Crippen molar-refractivity contribution in [3.05, 3.63) is 23.8 Å². The van der Waals surface area contributed by atoms with E-state index in [0.717, 1.165) is 17.6 Å². The molecule has 1 rings (SSSR count). The van der Waals surface area contributed by atoms with Gasteiger partial charge in [0, 0.05) is 19.0 Å². The third kappa shape index (κ3) is 6.05. The first-order valence-electron chi connectivity index (χ1n) is 5.20. The van der Waals surface area contributed by atoms with Gasteiger partial charge < -0.3 is 25.3 Å². The molecule has 1 aromatic rings. The summed E-state index contributed by atoms with van der Waals surface area (Å²) in [4.78, 5) is 10.3. The number of nitrogens with one attached hydrogen (secondary N) is 1. The summed E-state index contributed by atoms with van der Waals surface area (Å²) < 4.78 is 10.1. The highest BCUT2D eigenvalue weighted by atomic mass is 32.1. The van der Waals surface area contributed by atoms with Gasteiger partial charge in [0.2, 0.25) is 0 Å². The van der Waals surface area contributed by atoms with E-state index in [9.17, 15) is 4.79 Å². The minimum atomic E-state index is 0.338. The quantitative estimate of drug-likeness (QED) is 0.625. The molecule has 0 spiro atoms. The summed E-state index contributed by atoms with van der Waals surface area (Å²) in [6.07, 6.45) is 1.19. The first-order chi connectivity index (χ1) is 8.58. The molecule has 18 heavy (non-hydrogen) atoms. The van der Waals surface area contributed by atoms with Crippen LogP contribution in [0.1, 0.15) is 5.56 Å². The molecule has 3 N–H and O–H groups in total. The van der Waals surface area contributed by atoms with E-state index in [1.165, 1.54) is 0 Å². The van der Waals surface area contributed by atoms with E-state index in [2.05, 4.69) is 17.5 Å². The second kappa shape index (κ2) is 9.23. The minimum absolute atomic E-state index is 0.338. The molecule has 0 aromatic heterocycles. The van der Waals surface area contributed by atoms with E-state index in [4.69, 9.17) is 15.2 Å². The fourth-order valence-corrected chi connectivity index (χ4v) is 1.13. The smallest absolute Gasteiger partial charge is 0.163 e. The van der Waals surface area contributed by atoms with Crippen molar-refractivity contribution in [2.75, 3.05) is 21.3 Å². The summed E-state index contributed by atoms with van der Waals surface area (Å²) in [5, 5.41) is 2.88. The molecule has 0 bridgehead atoms. The van der Waals surface area contributed by atoms with E-state index >= 15 is 0 Å². The molecule has 0 fully saturated rings. The van der Waals surface area contributed by atoms with Gasteiger partial charge in [0.15, 0.2) is 5.11 Å². The zero-order valence-corrected chi connectivity index (χ0v) is 11.5. The number of ether oxygens (including phenoxy) is 2. The molecule has 0 heterocycles. The van der Waals surface area contributed by atoms with Crippen molar-refractivity contribution in [1.29, 1.82) is 0 Å². The third-order valence-corrected chi connectivity index (χ3v) is 2.24. The highest BCUT2D eigenvalue weighted by Crippen LogP contribution is 2.23. The molecule has 5 nitrogen and oxygen atoms in total. The average molecular weight is 270 g/mol. The topological polar surface area (TPSA) is 73.6 Å². The van der Waals surface area contributed by atoms with Gasteiger partial charge in [-0.1, -0.05) is 0 Å². The number of hydrogen-bond acceptors (Lipinski definition) is 4. The highest BCUT2D eigenvalue weighted by molar-refractivity contribution is 7.80. The Bertz CT molecular complexity index is 397. The summed E-state index contributed by atoms with van der Waals surface area (Å²) in [5.41, 5.74) is 5.76. The van der Waals surface area contributed by atoms with Crippen LogP contribution in [-0.2, 0) is 11.2 Å². The average Bonchev–Trinajstić information content (AvgIpc) is 2.39. The molecule has 0 unspecified atom stereocenters. The lowest BCUT2D eigenvalue weighted by molar-refractivity contribution is -0.107. The Morgan fingerprint density at radius 2 is 2.06 bits per heavy atom. The lowest BCUT2D eigenvalue weighted by Gasteiger charge is -2.07. The van der Waals surface area contributed by atoms with Gasteiger partial charge in [-0.05, 0) is 30.4 Å². The van der Waals surface area contributed by atoms with Crippen LogP contribution in [0.4, 0.5) is 0 Å². The Kier molecular flexibility index (Phi) is 8.30. The van der Waals surface area contributed by atoms with E-state index in [1.807, 2.05) is 0 Å². The summed E-state index contributed by atoms with van der Waals surface area (Å²) in [5.74, 6) is 1.45. The minimum Gasteiger partial charge on any atom is -0.497 e. The number of benzene rings is 1. The molecule has 6 heteroatoms. The summed E-state index contributed by atoms with van der Waals surface area (Å²) in [7, 11) is 4.85. The van der Waals surface area contributed by atoms with Gasteiger partial charge in [-0.25, -0.2) is 0 Å². The number of carbonyl (C=O) groups excluding carboxylic acids is 1. The molecule has 0 aliphatic heterocycles. The van der Waals surface area contributed by atoms with Gasteiger partial charge in [-0.15, -0.1) is 0 Å². The Morgan fingerprint density at radius 3 is 2.44 bits per heavy atom. The lowest BCUT2D eigenvalue weighted by atomic mass is 10.1. The van der Waals surface area contributed by atoms with Crippen molar-refractivity contribution < 1.29 is 14.3 Å². The van der Waals surface area contributed by atoms with Gasteiger partial charge in [0.25, 0.3) is 0 Å². The largest absolute Gasteiger partial charge is 0.497 e. The van der Waals surface area contributed by atoms with Crippen LogP contribution >= 0.6 is 12.2 Å². The van der Waals surface area contributed by atoms with E-state index in [0.29, 0.717) is 17.3 Å². The number of rotatable bonds is 4. The normalized spacial score (nSPS) is 8.61. The van der Waals surface area contributed by atoms with E-state index in [-0.39, 0.29) is 0 Å². The Balaban J connectivity index is 0.000000494. The van der Waals surface area contributed by atoms with Gasteiger partial charge in [-0.3, -0.25) is 0 Å². The van der Waals surface area contributed by atoms with Crippen LogP contribution in [0.3, 0.4) is 0 Å². The van der Waals surface area contributed by atoms with Gasteiger partial charge in [0.1, 0.15) is 17.8 Å². The van der Waals surface area contributed by atoms with Crippen molar-refractivity contribution in [3.63, 3.8) is 0 Å². The first kappa shape index (κ1) is 16.2. The molecule has 0 saturated heterocycles. The monoisotopic (exact) mass is 270 g/mol. The zero-order valence-electron chi connectivity index (χ0n) is 10.7. The number of carbonyl (C=O) groups is 1. The highest BCUT2D eigenvalue weighted by Gasteiger charge is 2.03. The standard InChI is InChI=1S/C10H12O3.C2H6N2S/c1-12-9-3-4-10(13-2)8(7-9)5-6-11;1-4-2(3)5/h3-4,6-7H,5H2,1-2H3;1H3,(H3,3,4,5). The van der Waals surface area contributed by atoms with Gasteiger partial charge >= 0.3 is 0 Å². The zero-order chi connectivity index (χ0) is 14.0. The van der Waals surface area contributed by atoms with Crippen molar-refractivity contribution >= 4 is 23.6 Å². The fourth-order valence-electron chi connectivity index (χ4n) is 1.13. The molecule has 0 aliphatic rings. The molecule has 0 aliphatic carbocycles. The number of hydrogen-bond donors (Lipinski definition) is 2. The molecular weight excluding hydrogens is 252 g/mol. The number of methoxy groups -OCH3 is 2. The van der Waals surface area contributed by atoms with Crippen LogP contribution < -0.4 is 20.5 Å². The van der Waals surface area contributed by atoms with Crippen LogP contribution in [0, 0.1) is 0 Å². The summed E-state index contributed by atoms with van der Waals surface area (Å²) in [6, 6.07) is 5.39. The second-order valence-corrected chi connectivity index (χ2v) is 3.60. The SMILES string of the molecule is CNC(N)=S.COc1ccc(OC)c(CC=O)c1. The van der Waals surface area contributed by atoms with E-state index < -0.39 is 0 Å². The van der Waals surface area contributed by atoms with E-state index in [1.54, 1.807) is 39.5 Å². The maximum atomic E-state index is 10.3. The van der Waals surface area contributed by atoms with Crippen LogP contribution in [0.2, 0.25) is 0 Å². The van der Waals surface area contributed by atoms with Crippen LogP contribution in [-0.4, -0.2) is 32.7 Å². The van der Waals surface area contributed by atoms with Crippen LogP contribution in [0.15, 0.2) is 18.2 Å². The number of aldehydes is 1. The predicted molar refractivity (Wildman–Crippen MR) is 75.2 cm³/mol. The summed E-state index contributed by atoms with van der Waals surface area (Å²) in [6.45, 7) is 0. The maximum Gasteiger partial charge on any atom is 0.163 e. The lowest BCUT2D eigenvalue weighted by Crippen LogP contribution is -2.24. The Morgan fingerprint density at radius 1 is 1.44 bits per heavy atom. The fraction of sp³-hybridized carbons (Fsp3) is 0.333.